The number of esters is 1. The van der Waals surface area contributed by atoms with E-state index in [4.69, 9.17) is 4.74 Å². The molecular formula is C17H30N2O2. The summed E-state index contributed by atoms with van der Waals surface area (Å²) in [4.78, 5) is 14.2. The molecule has 2 unspecified atom stereocenters. The molecule has 0 amide bonds. The lowest BCUT2D eigenvalue weighted by atomic mass is 9.90. The number of carbonyl (C=O) groups is 1. The highest BCUT2D eigenvalue weighted by atomic mass is 16.5. The van der Waals surface area contributed by atoms with Crippen molar-refractivity contribution in [1.82, 2.24) is 10.2 Å². The molecule has 1 heterocycles. The van der Waals surface area contributed by atoms with E-state index in [0.717, 1.165) is 24.9 Å². The molecule has 0 bridgehead atoms. The number of nitrogens with one attached hydrogen (secondary N) is 1. The molecule has 0 spiro atoms. The van der Waals surface area contributed by atoms with Crippen LogP contribution in [-0.4, -0.2) is 49.7 Å². The average Bonchev–Trinajstić information content (AvgIpc) is 3.12. The molecule has 1 N–H and O–H groups in total. The van der Waals surface area contributed by atoms with Crippen molar-refractivity contribution >= 4 is 5.97 Å². The Morgan fingerprint density at radius 1 is 1.10 bits per heavy atom. The SMILES string of the molecule is COC(=O)CC1CC(NC2CCCC2)CN(CC2CC2)C1. The minimum Gasteiger partial charge on any atom is -0.469 e. The standard InChI is InChI=1S/C17H30N2O2/c1-21-17(20)9-14-8-16(18-15-4-2-3-5-15)12-19(11-14)10-13-6-7-13/h13-16,18H,2-12H2,1H3. The molecule has 4 heteroatoms. The molecule has 3 aliphatic rings. The number of nitrogens with zero attached hydrogens (tertiary/aromatic N) is 1. The van der Waals surface area contributed by atoms with Crippen molar-refractivity contribution in [3.05, 3.63) is 0 Å². The highest BCUT2D eigenvalue weighted by molar-refractivity contribution is 5.69. The fourth-order valence-corrected chi connectivity index (χ4v) is 4.13. The molecule has 1 saturated heterocycles. The van der Waals surface area contributed by atoms with Gasteiger partial charge in [-0.05, 0) is 43.9 Å². The minimum atomic E-state index is -0.0483. The van der Waals surface area contributed by atoms with E-state index in [1.807, 2.05) is 0 Å². The second-order valence-corrected chi connectivity index (χ2v) is 7.39. The van der Waals surface area contributed by atoms with Gasteiger partial charge in [-0.3, -0.25) is 4.79 Å². The third-order valence-corrected chi connectivity index (χ3v) is 5.34. The first kappa shape index (κ1) is 15.3. The van der Waals surface area contributed by atoms with Crippen LogP contribution in [0.1, 0.15) is 51.4 Å². The summed E-state index contributed by atoms with van der Waals surface area (Å²) in [6.45, 7) is 3.49. The third kappa shape index (κ3) is 4.68. The Hall–Kier alpha value is -0.610. The van der Waals surface area contributed by atoms with Crippen LogP contribution in [0.3, 0.4) is 0 Å². The average molecular weight is 294 g/mol. The Morgan fingerprint density at radius 2 is 1.86 bits per heavy atom. The van der Waals surface area contributed by atoms with Gasteiger partial charge in [-0.15, -0.1) is 0 Å². The number of ether oxygens (including phenoxy) is 1. The highest BCUT2D eigenvalue weighted by Gasteiger charge is 2.33. The van der Waals surface area contributed by atoms with Gasteiger partial charge >= 0.3 is 5.97 Å². The summed E-state index contributed by atoms with van der Waals surface area (Å²) >= 11 is 0. The van der Waals surface area contributed by atoms with Gasteiger partial charge in [0.1, 0.15) is 0 Å². The number of rotatable bonds is 6. The summed E-state index contributed by atoms with van der Waals surface area (Å²) in [7, 11) is 1.50. The van der Waals surface area contributed by atoms with Gasteiger partial charge in [-0.25, -0.2) is 0 Å². The molecule has 21 heavy (non-hydrogen) atoms. The van der Waals surface area contributed by atoms with E-state index >= 15 is 0 Å². The molecule has 1 aliphatic heterocycles. The zero-order valence-electron chi connectivity index (χ0n) is 13.4. The van der Waals surface area contributed by atoms with E-state index in [9.17, 15) is 4.79 Å². The predicted octanol–water partition coefficient (Wildman–Crippen LogP) is 2.18. The zero-order chi connectivity index (χ0) is 14.7. The first-order chi connectivity index (χ1) is 10.2. The number of piperidine rings is 1. The van der Waals surface area contributed by atoms with E-state index < -0.39 is 0 Å². The molecule has 0 aromatic heterocycles. The molecule has 2 saturated carbocycles. The second-order valence-electron chi connectivity index (χ2n) is 7.39. The molecule has 120 valence electrons. The molecule has 0 radical (unpaired) electrons. The van der Waals surface area contributed by atoms with Gasteiger partial charge in [0.25, 0.3) is 0 Å². The third-order valence-electron chi connectivity index (χ3n) is 5.34. The van der Waals surface area contributed by atoms with Crippen molar-refractivity contribution in [2.24, 2.45) is 11.8 Å². The first-order valence-corrected chi connectivity index (χ1v) is 8.78. The molecule has 0 aromatic carbocycles. The van der Waals surface area contributed by atoms with Gasteiger partial charge in [-0.1, -0.05) is 12.8 Å². The Bertz CT molecular complexity index is 351. The van der Waals surface area contributed by atoms with Crippen molar-refractivity contribution < 1.29 is 9.53 Å². The van der Waals surface area contributed by atoms with Crippen LogP contribution in [0.25, 0.3) is 0 Å². The Labute approximate surface area is 128 Å². The fraction of sp³-hybridized carbons (Fsp3) is 0.941. The van der Waals surface area contributed by atoms with Crippen molar-refractivity contribution in [3.8, 4) is 0 Å². The van der Waals surface area contributed by atoms with Crippen molar-refractivity contribution in [3.63, 3.8) is 0 Å². The smallest absolute Gasteiger partial charge is 0.305 e. The van der Waals surface area contributed by atoms with E-state index in [2.05, 4.69) is 10.2 Å². The molecule has 4 nitrogen and oxygen atoms in total. The normalized spacial score (nSPS) is 31.5. The van der Waals surface area contributed by atoms with Crippen LogP contribution in [0.4, 0.5) is 0 Å². The maximum atomic E-state index is 11.6. The zero-order valence-corrected chi connectivity index (χ0v) is 13.4. The molecule has 2 aliphatic carbocycles. The molecule has 0 aromatic rings. The minimum absolute atomic E-state index is 0.0483. The highest BCUT2D eigenvalue weighted by Crippen LogP contribution is 2.32. The van der Waals surface area contributed by atoms with Crippen LogP contribution in [0.5, 0.6) is 0 Å². The van der Waals surface area contributed by atoms with Crippen LogP contribution in [0.2, 0.25) is 0 Å². The summed E-state index contributed by atoms with van der Waals surface area (Å²) in [6, 6.07) is 1.28. The van der Waals surface area contributed by atoms with Crippen LogP contribution < -0.4 is 5.32 Å². The second kappa shape index (κ2) is 7.10. The number of hydrogen-bond donors (Lipinski definition) is 1. The summed E-state index contributed by atoms with van der Waals surface area (Å²) in [5.41, 5.74) is 0. The predicted molar refractivity (Wildman–Crippen MR) is 83.1 cm³/mol. The molecule has 2 atom stereocenters. The summed E-state index contributed by atoms with van der Waals surface area (Å²) in [5.74, 6) is 1.34. The van der Waals surface area contributed by atoms with Crippen LogP contribution in [0.15, 0.2) is 0 Å². The molecular weight excluding hydrogens is 264 g/mol. The molecule has 3 rings (SSSR count). The van der Waals surface area contributed by atoms with Gasteiger partial charge < -0.3 is 15.0 Å². The van der Waals surface area contributed by atoms with Crippen molar-refractivity contribution in [2.75, 3.05) is 26.7 Å². The fourth-order valence-electron chi connectivity index (χ4n) is 4.13. The van der Waals surface area contributed by atoms with Gasteiger partial charge in [0, 0.05) is 38.1 Å². The lowest BCUT2D eigenvalue weighted by Crippen LogP contribution is -2.52. The van der Waals surface area contributed by atoms with Gasteiger partial charge in [0.05, 0.1) is 7.11 Å². The summed E-state index contributed by atoms with van der Waals surface area (Å²) < 4.78 is 4.87. The maximum absolute atomic E-state index is 11.6. The molecule has 3 fully saturated rings. The number of methoxy groups -OCH3 is 1. The lowest BCUT2D eigenvalue weighted by Gasteiger charge is -2.39. The van der Waals surface area contributed by atoms with Gasteiger partial charge in [0.15, 0.2) is 0 Å². The number of hydrogen-bond acceptors (Lipinski definition) is 4. The lowest BCUT2D eigenvalue weighted by molar-refractivity contribution is -0.142. The monoisotopic (exact) mass is 294 g/mol. The topological polar surface area (TPSA) is 41.6 Å². The van der Waals surface area contributed by atoms with Gasteiger partial charge in [0.2, 0.25) is 0 Å². The summed E-state index contributed by atoms with van der Waals surface area (Å²) in [5, 5.41) is 3.87. The number of carbonyl (C=O) groups excluding carboxylic acids is 1. The van der Waals surface area contributed by atoms with E-state index in [1.54, 1.807) is 0 Å². The van der Waals surface area contributed by atoms with Crippen molar-refractivity contribution in [2.45, 2.75) is 63.5 Å². The Balaban J connectivity index is 1.54. The van der Waals surface area contributed by atoms with Crippen molar-refractivity contribution in [1.29, 1.82) is 0 Å². The van der Waals surface area contributed by atoms with Crippen LogP contribution >= 0.6 is 0 Å². The van der Waals surface area contributed by atoms with E-state index in [1.165, 1.54) is 58.7 Å². The number of likely N-dealkylation sites (tertiary alicyclic amines) is 1. The Morgan fingerprint density at radius 3 is 2.52 bits per heavy atom. The maximum Gasteiger partial charge on any atom is 0.305 e. The van der Waals surface area contributed by atoms with Gasteiger partial charge in [-0.2, -0.15) is 0 Å². The van der Waals surface area contributed by atoms with Crippen LogP contribution in [0, 0.1) is 11.8 Å². The quantitative estimate of drug-likeness (QED) is 0.763. The first-order valence-electron chi connectivity index (χ1n) is 8.78. The van der Waals surface area contributed by atoms with Crippen LogP contribution in [-0.2, 0) is 9.53 Å². The van der Waals surface area contributed by atoms with E-state index in [-0.39, 0.29) is 5.97 Å². The summed E-state index contributed by atoms with van der Waals surface area (Å²) in [6.07, 6.45) is 9.94. The Kier molecular flexibility index (Phi) is 5.17. The largest absolute Gasteiger partial charge is 0.469 e. The van der Waals surface area contributed by atoms with E-state index in [0.29, 0.717) is 18.4 Å².